The van der Waals surface area contributed by atoms with Crippen molar-refractivity contribution >= 4 is 17.7 Å². The maximum atomic E-state index is 10.6. The molecule has 0 saturated heterocycles. The fraction of sp³-hybridized carbons (Fsp3) is 0.100. The van der Waals surface area contributed by atoms with Gasteiger partial charge in [0.25, 0.3) is 0 Å². The monoisotopic (exact) mass is 210 g/mol. The first-order chi connectivity index (χ1) is 6.95. The Hall–Kier alpha value is -2.17. The van der Waals surface area contributed by atoms with Crippen LogP contribution in [0.5, 0.6) is 0 Å². The van der Waals surface area contributed by atoms with Gasteiger partial charge in [-0.25, -0.2) is 9.59 Å². The molecule has 0 heterocycles. The fourth-order valence-corrected chi connectivity index (χ4v) is 0.673. The molecule has 0 amide bonds. The molecule has 0 fully saturated rings. The Bertz CT molecular complexity index is 343. The lowest BCUT2D eigenvalue weighted by molar-refractivity contribution is -0.159. The highest BCUT2D eigenvalue weighted by Gasteiger charge is 2.04. The van der Waals surface area contributed by atoms with Crippen LogP contribution < -0.4 is 0 Å². The maximum absolute atomic E-state index is 10.6. The summed E-state index contributed by atoms with van der Waals surface area (Å²) in [6.07, 6.45) is 0. The van der Waals surface area contributed by atoms with E-state index in [9.17, 15) is 4.79 Å². The summed E-state index contributed by atoms with van der Waals surface area (Å²) in [4.78, 5) is 28.8. The van der Waals surface area contributed by atoms with E-state index in [4.69, 9.17) is 19.8 Å². The normalized spacial score (nSPS) is 8.33. The van der Waals surface area contributed by atoms with E-state index in [1.165, 1.54) is 0 Å². The molecule has 0 aromatic heterocycles. The van der Waals surface area contributed by atoms with E-state index in [-0.39, 0.29) is 5.78 Å². The van der Waals surface area contributed by atoms with Gasteiger partial charge in [-0.3, -0.25) is 4.79 Å². The Morgan fingerprint density at radius 3 is 1.53 bits per heavy atom. The van der Waals surface area contributed by atoms with E-state index in [1.54, 1.807) is 6.92 Å². The fourth-order valence-electron chi connectivity index (χ4n) is 0.673. The van der Waals surface area contributed by atoms with Crippen molar-refractivity contribution in [3.63, 3.8) is 0 Å². The summed E-state index contributed by atoms with van der Waals surface area (Å²) in [5.74, 6) is -3.53. The second-order valence-electron chi connectivity index (χ2n) is 2.53. The van der Waals surface area contributed by atoms with Crippen molar-refractivity contribution in [1.29, 1.82) is 0 Å². The summed E-state index contributed by atoms with van der Waals surface area (Å²) >= 11 is 0. The van der Waals surface area contributed by atoms with E-state index < -0.39 is 11.9 Å². The highest BCUT2D eigenvalue weighted by molar-refractivity contribution is 6.27. The molecule has 0 aliphatic carbocycles. The number of carbonyl (C=O) groups excluding carboxylic acids is 1. The van der Waals surface area contributed by atoms with Crippen LogP contribution >= 0.6 is 0 Å². The Labute approximate surface area is 86.0 Å². The van der Waals surface area contributed by atoms with Gasteiger partial charge in [0, 0.05) is 5.56 Å². The van der Waals surface area contributed by atoms with Gasteiger partial charge in [-0.15, -0.1) is 0 Å². The molecule has 0 radical (unpaired) electrons. The van der Waals surface area contributed by atoms with Gasteiger partial charge in [0.05, 0.1) is 0 Å². The molecule has 1 aromatic carbocycles. The first-order valence-electron chi connectivity index (χ1n) is 3.97. The lowest BCUT2D eigenvalue weighted by atomic mass is 10.2. The topological polar surface area (TPSA) is 91.7 Å². The summed E-state index contributed by atoms with van der Waals surface area (Å²) in [5, 5.41) is 14.8. The number of carboxylic acid groups (broad SMARTS) is 2. The van der Waals surface area contributed by atoms with Crippen molar-refractivity contribution in [3.05, 3.63) is 35.9 Å². The van der Waals surface area contributed by atoms with Crippen LogP contribution in [0, 0.1) is 0 Å². The highest BCUT2D eigenvalue weighted by atomic mass is 16.4. The largest absolute Gasteiger partial charge is 0.473 e. The van der Waals surface area contributed by atoms with Crippen LogP contribution in [0.2, 0.25) is 0 Å². The SMILES string of the molecule is CC(=O)c1ccccc1.O=C(O)C(=O)O. The van der Waals surface area contributed by atoms with E-state index in [2.05, 4.69) is 0 Å². The number of hydrogen-bond acceptors (Lipinski definition) is 3. The average Bonchev–Trinajstić information content (AvgIpc) is 2.20. The third-order valence-corrected chi connectivity index (χ3v) is 1.36. The second-order valence-corrected chi connectivity index (χ2v) is 2.53. The summed E-state index contributed by atoms with van der Waals surface area (Å²) in [6, 6.07) is 9.23. The second kappa shape index (κ2) is 6.31. The first kappa shape index (κ1) is 12.8. The quantitative estimate of drug-likeness (QED) is 0.533. The third-order valence-electron chi connectivity index (χ3n) is 1.36. The number of carbonyl (C=O) groups is 3. The van der Waals surface area contributed by atoms with Gasteiger partial charge < -0.3 is 10.2 Å². The van der Waals surface area contributed by atoms with Crippen LogP contribution in [0.15, 0.2) is 30.3 Å². The molecule has 15 heavy (non-hydrogen) atoms. The standard InChI is InChI=1S/C8H8O.C2H2O4/c1-7(9)8-5-3-2-4-6-8;3-1(4)2(5)6/h2-6H,1H3;(H,3,4)(H,5,6). The highest BCUT2D eigenvalue weighted by Crippen LogP contribution is 1.97. The van der Waals surface area contributed by atoms with Gasteiger partial charge >= 0.3 is 11.9 Å². The molecule has 0 unspecified atom stereocenters. The van der Waals surface area contributed by atoms with E-state index in [0.717, 1.165) is 5.56 Å². The number of benzene rings is 1. The van der Waals surface area contributed by atoms with Crippen molar-refractivity contribution in [3.8, 4) is 0 Å². The van der Waals surface area contributed by atoms with Crippen LogP contribution in [-0.2, 0) is 9.59 Å². The summed E-state index contributed by atoms with van der Waals surface area (Å²) in [6.45, 7) is 1.56. The van der Waals surface area contributed by atoms with E-state index in [0.29, 0.717) is 0 Å². The van der Waals surface area contributed by atoms with Crippen molar-refractivity contribution in [2.24, 2.45) is 0 Å². The van der Waals surface area contributed by atoms with Crippen molar-refractivity contribution in [1.82, 2.24) is 0 Å². The zero-order valence-corrected chi connectivity index (χ0v) is 8.01. The zero-order chi connectivity index (χ0) is 11.8. The van der Waals surface area contributed by atoms with E-state index in [1.807, 2.05) is 30.3 Å². The molecule has 0 aliphatic heterocycles. The number of aliphatic carboxylic acids is 2. The lowest BCUT2D eigenvalue weighted by Crippen LogP contribution is -2.09. The molecule has 1 rings (SSSR count). The minimum absolute atomic E-state index is 0.121. The van der Waals surface area contributed by atoms with Gasteiger partial charge in [-0.05, 0) is 6.92 Å². The van der Waals surface area contributed by atoms with Crippen molar-refractivity contribution in [2.45, 2.75) is 6.92 Å². The molecule has 5 heteroatoms. The average molecular weight is 210 g/mol. The number of ketones is 1. The molecular formula is C10H10O5. The molecule has 0 atom stereocenters. The molecular weight excluding hydrogens is 200 g/mol. The van der Waals surface area contributed by atoms with Gasteiger partial charge in [0.1, 0.15) is 0 Å². The van der Waals surface area contributed by atoms with Crippen molar-refractivity contribution < 1.29 is 24.6 Å². The number of hydrogen-bond donors (Lipinski definition) is 2. The molecule has 1 aromatic rings. The number of carboxylic acids is 2. The van der Waals surface area contributed by atoms with Crippen LogP contribution in [-0.4, -0.2) is 27.9 Å². The first-order valence-corrected chi connectivity index (χ1v) is 3.97. The Morgan fingerprint density at radius 1 is 0.933 bits per heavy atom. The Kier molecular flexibility index (Phi) is 5.40. The maximum Gasteiger partial charge on any atom is 0.414 e. The predicted molar refractivity (Wildman–Crippen MR) is 51.7 cm³/mol. The molecule has 0 aliphatic rings. The lowest BCUT2D eigenvalue weighted by Gasteiger charge is -1.89. The molecule has 5 nitrogen and oxygen atoms in total. The molecule has 0 saturated carbocycles. The minimum atomic E-state index is -1.82. The Balaban J connectivity index is 0.000000288. The zero-order valence-electron chi connectivity index (χ0n) is 8.01. The van der Waals surface area contributed by atoms with Gasteiger partial charge in [0.15, 0.2) is 5.78 Å². The van der Waals surface area contributed by atoms with Crippen LogP contribution in [0.4, 0.5) is 0 Å². The van der Waals surface area contributed by atoms with Gasteiger partial charge in [-0.1, -0.05) is 30.3 Å². The van der Waals surface area contributed by atoms with E-state index >= 15 is 0 Å². The molecule has 2 N–H and O–H groups in total. The minimum Gasteiger partial charge on any atom is -0.473 e. The van der Waals surface area contributed by atoms with Crippen LogP contribution in [0.25, 0.3) is 0 Å². The molecule has 80 valence electrons. The molecule has 0 spiro atoms. The third kappa shape index (κ3) is 5.98. The predicted octanol–water partition coefficient (Wildman–Crippen LogP) is 1.04. The van der Waals surface area contributed by atoms with Gasteiger partial charge in [-0.2, -0.15) is 0 Å². The van der Waals surface area contributed by atoms with Crippen molar-refractivity contribution in [2.75, 3.05) is 0 Å². The summed E-state index contributed by atoms with van der Waals surface area (Å²) < 4.78 is 0. The summed E-state index contributed by atoms with van der Waals surface area (Å²) in [7, 11) is 0. The number of Topliss-reactive ketones (excluding diaryl/α,β-unsaturated/α-hetero) is 1. The van der Waals surface area contributed by atoms with Crippen LogP contribution in [0.3, 0.4) is 0 Å². The smallest absolute Gasteiger partial charge is 0.414 e. The van der Waals surface area contributed by atoms with Gasteiger partial charge in [0.2, 0.25) is 0 Å². The summed E-state index contributed by atoms with van der Waals surface area (Å²) in [5.41, 5.74) is 0.775. The number of rotatable bonds is 1. The van der Waals surface area contributed by atoms with Crippen LogP contribution in [0.1, 0.15) is 17.3 Å². The molecule has 0 bridgehead atoms. The Morgan fingerprint density at radius 2 is 1.33 bits per heavy atom.